The van der Waals surface area contributed by atoms with E-state index in [1.54, 1.807) is 6.07 Å². The Bertz CT molecular complexity index is 424. The molecule has 0 bridgehead atoms. The first-order valence-electron chi connectivity index (χ1n) is 5.39. The zero-order chi connectivity index (χ0) is 12.3. The van der Waals surface area contributed by atoms with E-state index in [9.17, 15) is 9.65 Å². The minimum Gasteiger partial charge on any atom is -0.379 e. The van der Waals surface area contributed by atoms with Crippen LogP contribution < -0.4 is 0 Å². The number of halogens is 3. The zero-order valence-corrected chi connectivity index (χ0v) is 11.2. The third-order valence-electron chi connectivity index (χ3n) is 2.81. The number of hydrogen-bond donors (Lipinski definition) is 0. The molecule has 3 nitrogen and oxygen atoms in total. The molecule has 1 saturated heterocycles. The van der Waals surface area contributed by atoms with Gasteiger partial charge in [-0.05, 0) is 12.1 Å². The monoisotopic (exact) mass is 290 g/mol. The highest BCUT2D eigenvalue weighted by Gasteiger charge is 2.26. The van der Waals surface area contributed by atoms with Crippen LogP contribution in [0.2, 0.25) is 5.02 Å². The van der Waals surface area contributed by atoms with Gasteiger partial charge in [-0.1, -0.05) is 17.7 Å². The molecule has 6 heteroatoms. The molecule has 98 valence electrons. The molecule has 0 spiro atoms. The highest BCUT2D eigenvalue weighted by molar-refractivity contribution is 6.31. The van der Waals surface area contributed by atoms with Gasteiger partial charge in [0.1, 0.15) is 11.9 Å². The predicted octanol–water partition coefficient (Wildman–Crippen LogP) is 2.80. The van der Waals surface area contributed by atoms with E-state index in [0.29, 0.717) is 31.3 Å². The van der Waals surface area contributed by atoms with Crippen molar-refractivity contribution < 1.29 is 9.13 Å². The van der Waals surface area contributed by atoms with Crippen molar-refractivity contribution in [2.75, 3.05) is 26.3 Å². The standard InChI is InChI=1S/C12H12ClFN2O.ClH/c13-9-2-1-3-10(14)12(9)11(8-15)16-4-6-17-7-5-16;/h1-3,11H,4-7H2;1H. The Labute approximate surface area is 117 Å². The first-order chi connectivity index (χ1) is 8.24. The molecule has 1 heterocycles. The second-order valence-electron chi connectivity index (χ2n) is 3.82. The number of rotatable bonds is 2. The van der Waals surface area contributed by atoms with Gasteiger partial charge in [0, 0.05) is 23.7 Å². The Morgan fingerprint density at radius 3 is 2.61 bits per heavy atom. The number of nitrogens with zero attached hydrogens (tertiary/aromatic N) is 2. The molecule has 0 N–H and O–H groups in total. The van der Waals surface area contributed by atoms with Gasteiger partial charge in [-0.25, -0.2) is 4.39 Å². The molecule has 1 aliphatic rings. The van der Waals surface area contributed by atoms with Crippen molar-refractivity contribution in [1.29, 1.82) is 5.26 Å². The average Bonchev–Trinajstić information content (AvgIpc) is 2.35. The summed E-state index contributed by atoms with van der Waals surface area (Å²) in [5.74, 6) is -0.435. The fourth-order valence-corrected chi connectivity index (χ4v) is 2.20. The fourth-order valence-electron chi connectivity index (χ4n) is 1.94. The second kappa shape index (κ2) is 6.91. The van der Waals surface area contributed by atoms with Gasteiger partial charge < -0.3 is 4.74 Å². The normalized spacial score (nSPS) is 17.6. The molecule has 0 aromatic heterocycles. The maximum atomic E-state index is 13.7. The Morgan fingerprint density at radius 2 is 2.06 bits per heavy atom. The molecule has 0 radical (unpaired) electrons. The number of ether oxygens (including phenoxy) is 1. The first kappa shape index (κ1) is 15.2. The Hall–Kier alpha value is -0.860. The van der Waals surface area contributed by atoms with Gasteiger partial charge in [0.15, 0.2) is 0 Å². The van der Waals surface area contributed by atoms with E-state index >= 15 is 0 Å². The molecule has 1 aliphatic heterocycles. The van der Waals surface area contributed by atoms with E-state index in [2.05, 4.69) is 6.07 Å². The SMILES string of the molecule is Cl.N#CC(c1c(F)cccc1Cl)N1CCOCC1. The van der Waals surface area contributed by atoms with Crippen molar-refractivity contribution in [3.05, 3.63) is 34.6 Å². The molecule has 2 rings (SSSR count). The molecule has 0 saturated carbocycles. The lowest BCUT2D eigenvalue weighted by atomic mass is 10.1. The molecular weight excluding hydrogens is 278 g/mol. The highest BCUT2D eigenvalue weighted by atomic mass is 35.5. The molecule has 0 aliphatic carbocycles. The van der Waals surface area contributed by atoms with Crippen molar-refractivity contribution >= 4 is 24.0 Å². The van der Waals surface area contributed by atoms with Crippen LogP contribution in [0.1, 0.15) is 11.6 Å². The van der Waals surface area contributed by atoms with Crippen LogP contribution >= 0.6 is 24.0 Å². The Kier molecular flexibility index (Phi) is 5.83. The Morgan fingerprint density at radius 1 is 1.39 bits per heavy atom. The van der Waals surface area contributed by atoms with Crippen molar-refractivity contribution in [3.63, 3.8) is 0 Å². The Balaban J connectivity index is 0.00000162. The van der Waals surface area contributed by atoms with E-state index in [4.69, 9.17) is 16.3 Å². The van der Waals surface area contributed by atoms with Crippen LogP contribution in [0, 0.1) is 17.1 Å². The van der Waals surface area contributed by atoms with Crippen LogP contribution in [-0.2, 0) is 4.74 Å². The van der Waals surface area contributed by atoms with Crippen molar-refractivity contribution in [2.24, 2.45) is 0 Å². The second-order valence-corrected chi connectivity index (χ2v) is 4.22. The highest BCUT2D eigenvalue weighted by Crippen LogP contribution is 2.29. The molecule has 1 aromatic carbocycles. The lowest BCUT2D eigenvalue weighted by molar-refractivity contribution is 0.0261. The molecule has 1 fully saturated rings. The number of morpholine rings is 1. The van der Waals surface area contributed by atoms with E-state index in [1.165, 1.54) is 12.1 Å². The van der Waals surface area contributed by atoms with Crippen LogP contribution in [0.25, 0.3) is 0 Å². The summed E-state index contributed by atoms with van der Waals surface area (Å²) in [6.45, 7) is 2.35. The van der Waals surface area contributed by atoms with Gasteiger partial charge in [-0.2, -0.15) is 5.26 Å². The molecule has 18 heavy (non-hydrogen) atoms. The molecule has 0 amide bonds. The topological polar surface area (TPSA) is 36.3 Å². The minimum atomic E-state index is -0.646. The summed E-state index contributed by atoms with van der Waals surface area (Å²) in [7, 11) is 0. The number of nitriles is 1. The summed E-state index contributed by atoms with van der Waals surface area (Å²) in [5.41, 5.74) is 0.263. The molecule has 1 aromatic rings. The number of hydrogen-bond acceptors (Lipinski definition) is 3. The van der Waals surface area contributed by atoms with Gasteiger partial charge >= 0.3 is 0 Å². The van der Waals surface area contributed by atoms with Crippen LogP contribution in [0.5, 0.6) is 0 Å². The first-order valence-corrected chi connectivity index (χ1v) is 5.77. The van der Waals surface area contributed by atoms with Gasteiger partial charge in [0.05, 0.1) is 19.3 Å². The van der Waals surface area contributed by atoms with Gasteiger partial charge in [0.25, 0.3) is 0 Å². The predicted molar refractivity (Wildman–Crippen MR) is 69.4 cm³/mol. The summed E-state index contributed by atoms with van der Waals surface area (Å²) in [6, 6.07) is 5.93. The summed E-state index contributed by atoms with van der Waals surface area (Å²) in [4.78, 5) is 1.88. The maximum absolute atomic E-state index is 13.7. The number of benzene rings is 1. The molecule has 1 atom stereocenters. The lowest BCUT2D eigenvalue weighted by Crippen LogP contribution is -2.39. The summed E-state index contributed by atoms with van der Waals surface area (Å²) >= 11 is 5.97. The minimum absolute atomic E-state index is 0. The van der Waals surface area contributed by atoms with Gasteiger partial charge in [-0.3, -0.25) is 4.90 Å². The largest absolute Gasteiger partial charge is 0.379 e. The summed E-state index contributed by atoms with van der Waals surface area (Å²) in [6.07, 6.45) is 0. The molecule has 1 unspecified atom stereocenters. The van der Waals surface area contributed by atoms with Gasteiger partial charge in [0.2, 0.25) is 0 Å². The summed E-state index contributed by atoms with van der Waals surface area (Å²) < 4.78 is 19.0. The zero-order valence-electron chi connectivity index (χ0n) is 9.60. The summed E-state index contributed by atoms with van der Waals surface area (Å²) in [5, 5.41) is 9.52. The van der Waals surface area contributed by atoms with E-state index < -0.39 is 11.9 Å². The van der Waals surface area contributed by atoms with Crippen LogP contribution in [-0.4, -0.2) is 31.2 Å². The van der Waals surface area contributed by atoms with Crippen molar-refractivity contribution in [1.82, 2.24) is 4.90 Å². The van der Waals surface area contributed by atoms with E-state index in [0.717, 1.165) is 0 Å². The van der Waals surface area contributed by atoms with Crippen LogP contribution in [0.4, 0.5) is 4.39 Å². The third kappa shape index (κ3) is 3.12. The quantitative estimate of drug-likeness (QED) is 0.840. The van der Waals surface area contributed by atoms with E-state index in [-0.39, 0.29) is 18.0 Å². The lowest BCUT2D eigenvalue weighted by Gasteiger charge is -2.31. The van der Waals surface area contributed by atoms with Crippen molar-refractivity contribution in [3.8, 4) is 6.07 Å². The fraction of sp³-hybridized carbons (Fsp3) is 0.417. The van der Waals surface area contributed by atoms with Crippen molar-refractivity contribution in [2.45, 2.75) is 6.04 Å². The third-order valence-corrected chi connectivity index (χ3v) is 3.14. The average molecular weight is 291 g/mol. The van der Waals surface area contributed by atoms with E-state index in [1.807, 2.05) is 4.90 Å². The van der Waals surface area contributed by atoms with Crippen LogP contribution in [0.15, 0.2) is 18.2 Å². The smallest absolute Gasteiger partial charge is 0.130 e. The maximum Gasteiger partial charge on any atom is 0.130 e. The molecular formula is C12H13Cl2FN2O. The van der Waals surface area contributed by atoms with Gasteiger partial charge in [-0.15, -0.1) is 12.4 Å². The van der Waals surface area contributed by atoms with Crippen LogP contribution in [0.3, 0.4) is 0 Å².